The summed E-state index contributed by atoms with van der Waals surface area (Å²) in [6.45, 7) is 0. The van der Waals surface area contributed by atoms with Crippen LogP contribution in [0.2, 0.25) is 0 Å². The number of hydrogen-bond acceptors (Lipinski definition) is 5. The molecule has 0 saturated carbocycles. The average Bonchev–Trinajstić information content (AvgIpc) is 3.16. The largest absolute Gasteiger partial charge is 0.355 e. The maximum Gasteiger partial charge on any atom is 0.334 e. The van der Waals surface area contributed by atoms with Gasteiger partial charge in [-0.1, -0.05) is 0 Å². The molecule has 0 radical (unpaired) electrons. The Hall–Kier alpha value is -4.35. The number of amides is 1. The van der Waals surface area contributed by atoms with Gasteiger partial charge in [0.15, 0.2) is 5.84 Å². The number of nitrogens with one attached hydrogen (secondary N) is 3. The molecule has 0 saturated heterocycles. The number of nitrogens with zero attached hydrogens (tertiary/aromatic N) is 4. The van der Waals surface area contributed by atoms with Crippen LogP contribution in [0.1, 0.15) is 15.9 Å². The molecule has 4 aromatic rings. The lowest BCUT2D eigenvalue weighted by molar-refractivity contribution is 0.0656. The predicted octanol–water partition coefficient (Wildman–Crippen LogP) is 3.17. The van der Waals surface area contributed by atoms with Crippen LogP contribution in [-0.4, -0.2) is 38.4 Å². The second-order valence-electron chi connectivity index (χ2n) is 7.41. The molecule has 174 valence electrons. The van der Waals surface area contributed by atoms with Gasteiger partial charge in [-0.15, -0.1) is 0 Å². The third kappa shape index (κ3) is 3.83. The van der Waals surface area contributed by atoms with Gasteiger partial charge < -0.3 is 5.32 Å². The van der Waals surface area contributed by atoms with Crippen molar-refractivity contribution in [3.63, 3.8) is 0 Å². The molecule has 0 bridgehead atoms. The molecule has 1 amide bonds. The highest BCUT2D eigenvalue weighted by Gasteiger charge is 2.42. The van der Waals surface area contributed by atoms with E-state index in [-0.39, 0.29) is 27.7 Å². The summed E-state index contributed by atoms with van der Waals surface area (Å²) in [7, 11) is 2.93. The molecule has 0 spiro atoms. The summed E-state index contributed by atoms with van der Waals surface area (Å²) in [6.07, 6.45) is 1.42. The number of alkyl halides is 2. The summed E-state index contributed by atoms with van der Waals surface area (Å²) in [5, 5.41) is 26.4. The quantitative estimate of drug-likeness (QED) is 0.241. The van der Waals surface area contributed by atoms with E-state index in [0.29, 0.717) is 4.68 Å². The Bertz CT molecular complexity index is 1520. The van der Waals surface area contributed by atoms with Crippen LogP contribution in [0.5, 0.6) is 0 Å². The minimum Gasteiger partial charge on any atom is -0.355 e. The van der Waals surface area contributed by atoms with E-state index in [1.165, 1.54) is 36.1 Å². The fourth-order valence-electron chi connectivity index (χ4n) is 3.42. The molecule has 2 aromatic carbocycles. The normalized spacial score (nSPS) is 11.6. The van der Waals surface area contributed by atoms with Crippen molar-refractivity contribution in [1.29, 1.82) is 10.8 Å². The Morgan fingerprint density at radius 2 is 1.79 bits per heavy atom. The van der Waals surface area contributed by atoms with E-state index >= 15 is 8.78 Å². The summed E-state index contributed by atoms with van der Waals surface area (Å²) in [5.74, 6) is -8.33. The number of carbonyl (C=O) groups is 1. The topological polar surface area (TPSA) is 112 Å². The Morgan fingerprint density at radius 1 is 1.06 bits per heavy atom. The number of rotatable bonds is 4. The van der Waals surface area contributed by atoms with E-state index in [1.54, 1.807) is 7.05 Å². The number of benzene rings is 2. The molecule has 12 heteroatoms. The van der Waals surface area contributed by atoms with Gasteiger partial charge >= 0.3 is 5.92 Å². The van der Waals surface area contributed by atoms with E-state index < -0.39 is 40.4 Å². The molecular formula is C22H17F4N7O. The van der Waals surface area contributed by atoms with Gasteiger partial charge in [0.25, 0.3) is 5.91 Å². The first-order valence-corrected chi connectivity index (χ1v) is 9.80. The molecule has 0 atom stereocenters. The summed E-state index contributed by atoms with van der Waals surface area (Å²) in [4.78, 5) is 11.7. The van der Waals surface area contributed by atoms with Gasteiger partial charge in [0, 0.05) is 42.9 Å². The molecule has 8 nitrogen and oxygen atoms in total. The number of fused-ring (bicyclic) bond motifs is 1. The summed E-state index contributed by atoms with van der Waals surface area (Å²) < 4.78 is 61.3. The Morgan fingerprint density at radius 3 is 2.47 bits per heavy atom. The highest BCUT2D eigenvalue weighted by Crippen LogP contribution is 2.34. The maximum atomic E-state index is 15.3. The molecule has 0 aliphatic heterocycles. The van der Waals surface area contributed by atoms with Crippen LogP contribution in [0.3, 0.4) is 0 Å². The third-order valence-electron chi connectivity index (χ3n) is 5.12. The van der Waals surface area contributed by atoms with Crippen molar-refractivity contribution < 1.29 is 22.4 Å². The lowest BCUT2D eigenvalue weighted by Crippen LogP contribution is -2.40. The number of aryl methyl sites for hydroxylation is 1. The third-order valence-corrected chi connectivity index (χ3v) is 5.12. The molecule has 0 aliphatic carbocycles. The Balaban J connectivity index is 1.77. The summed E-state index contributed by atoms with van der Waals surface area (Å²) in [5.41, 5.74) is -1.79. The van der Waals surface area contributed by atoms with Crippen LogP contribution >= 0.6 is 0 Å². The molecule has 4 rings (SSSR count). The molecule has 2 heterocycles. The highest BCUT2D eigenvalue weighted by molar-refractivity contribution is 5.94. The molecule has 34 heavy (non-hydrogen) atoms. The van der Waals surface area contributed by atoms with Crippen molar-refractivity contribution in [2.24, 2.45) is 7.05 Å². The number of carbonyl (C=O) groups excluding carboxylic acids is 1. The van der Waals surface area contributed by atoms with Crippen molar-refractivity contribution in [2.75, 3.05) is 7.05 Å². The molecular weight excluding hydrogens is 454 g/mol. The predicted molar refractivity (Wildman–Crippen MR) is 115 cm³/mol. The van der Waals surface area contributed by atoms with Crippen LogP contribution in [0.4, 0.5) is 17.6 Å². The van der Waals surface area contributed by atoms with E-state index in [1.807, 2.05) is 0 Å². The van der Waals surface area contributed by atoms with Crippen molar-refractivity contribution in [2.45, 2.75) is 5.92 Å². The van der Waals surface area contributed by atoms with Gasteiger partial charge in [-0.05, 0) is 36.4 Å². The zero-order chi connectivity index (χ0) is 24.8. The molecule has 2 aromatic heterocycles. The van der Waals surface area contributed by atoms with Gasteiger partial charge in [-0.25, -0.2) is 8.78 Å². The van der Waals surface area contributed by atoms with Crippen LogP contribution in [-0.2, 0) is 13.0 Å². The first-order chi connectivity index (χ1) is 16.0. The lowest BCUT2D eigenvalue weighted by atomic mass is 10.0. The van der Waals surface area contributed by atoms with Gasteiger partial charge in [0.1, 0.15) is 17.1 Å². The maximum absolute atomic E-state index is 15.3. The zero-order valence-electron chi connectivity index (χ0n) is 17.8. The number of hydrogen-bond donors (Lipinski definition) is 3. The average molecular weight is 471 g/mol. The minimum atomic E-state index is -4.18. The lowest BCUT2D eigenvalue weighted by Gasteiger charge is -2.20. The molecule has 0 aliphatic rings. The van der Waals surface area contributed by atoms with Crippen LogP contribution in [0.25, 0.3) is 22.2 Å². The molecule has 0 fully saturated rings. The van der Waals surface area contributed by atoms with Crippen molar-refractivity contribution in [3.8, 4) is 11.3 Å². The number of halogens is 4. The SMILES string of the molecule is CNC(=O)c1ccc(-c2ccc(=N)n(C(=N)C(F)(F)c3cc4cn(C)nc4cc3F)n2)c(F)c1. The van der Waals surface area contributed by atoms with Crippen LogP contribution in [0.15, 0.2) is 48.7 Å². The summed E-state index contributed by atoms with van der Waals surface area (Å²) >= 11 is 0. The van der Waals surface area contributed by atoms with Crippen LogP contribution in [0, 0.1) is 22.5 Å². The van der Waals surface area contributed by atoms with E-state index in [2.05, 4.69) is 15.5 Å². The second-order valence-corrected chi connectivity index (χ2v) is 7.41. The first-order valence-electron chi connectivity index (χ1n) is 9.80. The van der Waals surface area contributed by atoms with Gasteiger partial charge in [-0.3, -0.25) is 20.3 Å². The fraction of sp³-hybridized carbons (Fsp3) is 0.136. The van der Waals surface area contributed by atoms with Crippen molar-refractivity contribution in [3.05, 3.63) is 76.9 Å². The number of aromatic nitrogens is 4. The molecule has 0 unspecified atom stereocenters. The summed E-state index contributed by atoms with van der Waals surface area (Å²) in [6, 6.07) is 7.49. The van der Waals surface area contributed by atoms with E-state index in [9.17, 15) is 13.6 Å². The second kappa shape index (κ2) is 8.21. The van der Waals surface area contributed by atoms with E-state index in [4.69, 9.17) is 10.8 Å². The zero-order valence-corrected chi connectivity index (χ0v) is 17.8. The molecule has 3 N–H and O–H groups in total. The Labute approximate surface area is 189 Å². The first kappa shape index (κ1) is 22.8. The van der Waals surface area contributed by atoms with Gasteiger partial charge in [0.05, 0.1) is 16.8 Å². The highest BCUT2D eigenvalue weighted by atomic mass is 19.3. The van der Waals surface area contributed by atoms with Crippen LogP contribution < -0.4 is 10.8 Å². The van der Waals surface area contributed by atoms with Gasteiger partial charge in [0.2, 0.25) is 0 Å². The monoisotopic (exact) mass is 471 g/mol. The minimum absolute atomic E-state index is 0.0364. The smallest absolute Gasteiger partial charge is 0.334 e. The van der Waals surface area contributed by atoms with Crippen molar-refractivity contribution in [1.82, 2.24) is 24.9 Å². The Kier molecular flexibility index (Phi) is 5.51. The van der Waals surface area contributed by atoms with Gasteiger partial charge in [-0.2, -0.15) is 23.7 Å². The fourth-order valence-corrected chi connectivity index (χ4v) is 3.42. The van der Waals surface area contributed by atoms with E-state index in [0.717, 1.165) is 24.3 Å². The standard InChI is InChI=1S/C22H17F4N7O/c1-29-20(34)11-3-4-13(15(23)8-11)17-5-6-19(27)33(31-17)21(28)22(25,26)14-7-12-10-32(2)30-18(12)9-16(14)24/h3-10,27-28H,1-2H3,(H,29,34). The van der Waals surface area contributed by atoms with Crippen molar-refractivity contribution >= 4 is 22.6 Å².